The van der Waals surface area contributed by atoms with Gasteiger partial charge in [0.15, 0.2) is 0 Å². The highest BCUT2D eigenvalue weighted by Crippen LogP contribution is 2.17. The molecule has 92 valence electrons. The Balaban J connectivity index is 1.59. The number of hydrogen-bond acceptors (Lipinski definition) is 2. The zero-order valence-corrected chi connectivity index (χ0v) is 10.1. The maximum absolute atomic E-state index is 11.7. The molecule has 3 heteroatoms. The molecule has 2 fully saturated rings. The van der Waals surface area contributed by atoms with Gasteiger partial charge in [0.2, 0.25) is 5.91 Å². The lowest BCUT2D eigenvalue weighted by Gasteiger charge is -2.23. The molecule has 1 aliphatic carbocycles. The smallest absolute Gasteiger partial charge is 0.220 e. The van der Waals surface area contributed by atoms with E-state index in [1.165, 1.54) is 44.9 Å². The minimum absolute atomic E-state index is 0.264. The molecule has 1 saturated heterocycles. The van der Waals surface area contributed by atoms with Gasteiger partial charge >= 0.3 is 0 Å². The van der Waals surface area contributed by atoms with E-state index in [1.807, 2.05) is 0 Å². The Bertz CT molecular complexity index is 218. The molecule has 0 aromatic carbocycles. The van der Waals surface area contributed by atoms with Gasteiger partial charge in [-0.2, -0.15) is 0 Å². The zero-order chi connectivity index (χ0) is 11.2. The molecule has 1 unspecified atom stereocenters. The number of hydrogen-bond donors (Lipinski definition) is 2. The Kier molecular flexibility index (Phi) is 4.64. The van der Waals surface area contributed by atoms with Gasteiger partial charge in [0.1, 0.15) is 0 Å². The van der Waals surface area contributed by atoms with Crippen LogP contribution >= 0.6 is 0 Å². The third-order valence-electron chi connectivity index (χ3n) is 3.85. The van der Waals surface area contributed by atoms with Gasteiger partial charge in [-0.1, -0.05) is 19.3 Å². The molecule has 0 radical (unpaired) electrons. The van der Waals surface area contributed by atoms with Gasteiger partial charge in [0.05, 0.1) is 0 Å². The normalized spacial score (nSPS) is 26.9. The molecule has 1 amide bonds. The molecule has 0 aromatic rings. The second-order valence-corrected chi connectivity index (χ2v) is 5.23. The molecule has 0 aromatic heterocycles. The van der Waals surface area contributed by atoms with Crippen molar-refractivity contribution in [2.45, 2.75) is 69.9 Å². The average molecular weight is 224 g/mol. The molecule has 16 heavy (non-hydrogen) atoms. The van der Waals surface area contributed by atoms with Crippen molar-refractivity contribution in [3.8, 4) is 0 Å². The fourth-order valence-corrected chi connectivity index (χ4v) is 2.86. The lowest BCUT2D eigenvalue weighted by atomic mass is 9.95. The molecular weight excluding hydrogens is 200 g/mol. The van der Waals surface area contributed by atoms with Crippen LogP contribution in [0.25, 0.3) is 0 Å². The second-order valence-electron chi connectivity index (χ2n) is 5.23. The van der Waals surface area contributed by atoms with Crippen molar-refractivity contribution in [2.24, 2.45) is 0 Å². The van der Waals surface area contributed by atoms with Crippen molar-refractivity contribution in [3.05, 3.63) is 0 Å². The number of nitrogens with one attached hydrogen (secondary N) is 2. The first-order chi connectivity index (χ1) is 7.84. The van der Waals surface area contributed by atoms with E-state index in [-0.39, 0.29) is 5.91 Å². The maximum Gasteiger partial charge on any atom is 0.220 e. The number of rotatable bonds is 4. The summed E-state index contributed by atoms with van der Waals surface area (Å²) in [4.78, 5) is 11.7. The van der Waals surface area contributed by atoms with Gasteiger partial charge in [0, 0.05) is 18.5 Å². The molecule has 1 aliphatic heterocycles. The fraction of sp³-hybridized carbons (Fsp3) is 0.923. The predicted molar refractivity (Wildman–Crippen MR) is 65.3 cm³/mol. The van der Waals surface area contributed by atoms with Crippen molar-refractivity contribution in [2.75, 3.05) is 6.54 Å². The monoisotopic (exact) mass is 224 g/mol. The van der Waals surface area contributed by atoms with Crippen LogP contribution in [-0.2, 0) is 4.79 Å². The minimum atomic E-state index is 0.264. The van der Waals surface area contributed by atoms with E-state index in [9.17, 15) is 4.79 Å². The van der Waals surface area contributed by atoms with Gasteiger partial charge in [-0.15, -0.1) is 0 Å². The summed E-state index contributed by atoms with van der Waals surface area (Å²) >= 11 is 0. The Morgan fingerprint density at radius 3 is 2.62 bits per heavy atom. The third kappa shape index (κ3) is 3.78. The Morgan fingerprint density at radius 2 is 1.94 bits per heavy atom. The minimum Gasteiger partial charge on any atom is -0.353 e. The summed E-state index contributed by atoms with van der Waals surface area (Å²) in [6.07, 6.45) is 10.5. The second kappa shape index (κ2) is 6.24. The summed E-state index contributed by atoms with van der Waals surface area (Å²) in [5.41, 5.74) is 0. The highest BCUT2D eigenvalue weighted by Gasteiger charge is 2.18. The van der Waals surface area contributed by atoms with Crippen LogP contribution in [0.1, 0.15) is 57.8 Å². The molecule has 3 nitrogen and oxygen atoms in total. The van der Waals surface area contributed by atoms with Crippen molar-refractivity contribution in [1.29, 1.82) is 0 Å². The molecule has 1 heterocycles. The summed E-state index contributed by atoms with van der Waals surface area (Å²) in [5.74, 6) is 0.264. The van der Waals surface area contributed by atoms with E-state index >= 15 is 0 Å². The number of carbonyl (C=O) groups is 1. The fourth-order valence-electron chi connectivity index (χ4n) is 2.86. The number of carbonyl (C=O) groups excluding carboxylic acids is 1. The van der Waals surface area contributed by atoms with Gasteiger partial charge in [-0.25, -0.2) is 0 Å². The van der Waals surface area contributed by atoms with E-state index in [2.05, 4.69) is 10.6 Å². The Labute approximate surface area is 98.4 Å². The summed E-state index contributed by atoms with van der Waals surface area (Å²) in [5, 5.41) is 6.61. The average Bonchev–Trinajstić information content (AvgIpc) is 2.81. The van der Waals surface area contributed by atoms with Crippen LogP contribution in [-0.4, -0.2) is 24.5 Å². The molecule has 2 N–H and O–H groups in total. The summed E-state index contributed by atoms with van der Waals surface area (Å²) in [6, 6.07) is 1.06. The maximum atomic E-state index is 11.7. The van der Waals surface area contributed by atoms with Crippen LogP contribution in [0.2, 0.25) is 0 Å². The molecule has 1 atom stereocenters. The summed E-state index contributed by atoms with van der Waals surface area (Å²) in [6.45, 7) is 1.13. The Hall–Kier alpha value is -0.570. The first-order valence-corrected chi connectivity index (χ1v) is 6.87. The van der Waals surface area contributed by atoms with Crippen LogP contribution in [0.3, 0.4) is 0 Å². The molecule has 0 bridgehead atoms. The van der Waals surface area contributed by atoms with Crippen molar-refractivity contribution in [3.63, 3.8) is 0 Å². The third-order valence-corrected chi connectivity index (χ3v) is 3.85. The van der Waals surface area contributed by atoms with Crippen LogP contribution in [0, 0.1) is 0 Å². The van der Waals surface area contributed by atoms with Gasteiger partial charge < -0.3 is 10.6 Å². The molecule has 2 rings (SSSR count). The SMILES string of the molecule is O=C(CCC1CCCN1)NC1CCCCC1. The van der Waals surface area contributed by atoms with Crippen LogP contribution < -0.4 is 10.6 Å². The Morgan fingerprint density at radius 1 is 1.12 bits per heavy atom. The zero-order valence-electron chi connectivity index (χ0n) is 10.1. The van der Waals surface area contributed by atoms with Gasteiger partial charge in [-0.05, 0) is 38.6 Å². The molecule has 1 saturated carbocycles. The van der Waals surface area contributed by atoms with Crippen molar-refractivity contribution < 1.29 is 4.79 Å². The first kappa shape index (κ1) is 11.9. The summed E-state index contributed by atoms with van der Waals surface area (Å²) in [7, 11) is 0. The van der Waals surface area contributed by atoms with E-state index < -0.39 is 0 Å². The lowest BCUT2D eigenvalue weighted by Crippen LogP contribution is -2.36. The topological polar surface area (TPSA) is 41.1 Å². The van der Waals surface area contributed by atoms with Crippen LogP contribution in [0.5, 0.6) is 0 Å². The highest BCUT2D eigenvalue weighted by atomic mass is 16.1. The molecular formula is C13H24N2O. The van der Waals surface area contributed by atoms with E-state index in [4.69, 9.17) is 0 Å². The van der Waals surface area contributed by atoms with Crippen LogP contribution in [0.15, 0.2) is 0 Å². The van der Waals surface area contributed by atoms with E-state index in [0.717, 1.165) is 13.0 Å². The molecule has 2 aliphatic rings. The number of amides is 1. The largest absolute Gasteiger partial charge is 0.353 e. The van der Waals surface area contributed by atoms with Gasteiger partial charge in [0.25, 0.3) is 0 Å². The van der Waals surface area contributed by atoms with E-state index in [0.29, 0.717) is 18.5 Å². The lowest BCUT2D eigenvalue weighted by molar-refractivity contribution is -0.122. The molecule has 0 spiro atoms. The predicted octanol–water partition coefficient (Wildman–Crippen LogP) is 1.97. The first-order valence-electron chi connectivity index (χ1n) is 6.87. The highest BCUT2D eigenvalue weighted by molar-refractivity contribution is 5.76. The summed E-state index contributed by atoms with van der Waals surface area (Å²) < 4.78 is 0. The van der Waals surface area contributed by atoms with Crippen LogP contribution in [0.4, 0.5) is 0 Å². The standard InChI is InChI=1S/C13H24N2O/c16-13(9-8-11-7-4-10-14-11)15-12-5-2-1-3-6-12/h11-12,14H,1-10H2,(H,15,16). The van der Waals surface area contributed by atoms with E-state index in [1.54, 1.807) is 0 Å². The van der Waals surface area contributed by atoms with Crippen molar-refractivity contribution >= 4 is 5.91 Å². The quantitative estimate of drug-likeness (QED) is 0.766. The van der Waals surface area contributed by atoms with Crippen molar-refractivity contribution in [1.82, 2.24) is 10.6 Å². The van der Waals surface area contributed by atoms with Gasteiger partial charge in [-0.3, -0.25) is 4.79 Å².